The average molecular weight is 341 g/mol. The normalized spacial score (nSPS) is 11.7. The summed E-state index contributed by atoms with van der Waals surface area (Å²) in [5.41, 5.74) is 3.59. The van der Waals surface area contributed by atoms with Crippen LogP contribution >= 0.6 is 11.6 Å². The molecule has 3 nitrogen and oxygen atoms in total. The Morgan fingerprint density at radius 2 is 1.75 bits per heavy atom. The van der Waals surface area contributed by atoms with Crippen molar-refractivity contribution < 1.29 is 4.74 Å². The zero-order valence-corrected chi connectivity index (χ0v) is 15.0. The highest BCUT2D eigenvalue weighted by Gasteiger charge is 2.12. The lowest BCUT2D eigenvalue weighted by Crippen LogP contribution is -2.11. The van der Waals surface area contributed by atoms with Gasteiger partial charge in [0.1, 0.15) is 6.33 Å². The minimum absolute atomic E-state index is 0.175. The van der Waals surface area contributed by atoms with Crippen molar-refractivity contribution in [3.63, 3.8) is 0 Å². The summed E-state index contributed by atoms with van der Waals surface area (Å²) < 4.78 is 5.87. The van der Waals surface area contributed by atoms with Crippen LogP contribution in [0.3, 0.4) is 0 Å². The lowest BCUT2D eigenvalue weighted by Gasteiger charge is -2.19. The molecule has 0 saturated carbocycles. The van der Waals surface area contributed by atoms with Crippen LogP contribution in [0.15, 0.2) is 48.8 Å². The van der Waals surface area contributed by atoms with E-state index in [4.69, 9.17) is 16.3 Å². The lowest BCUT2D eigenvalue weighted by atomic mass is 9.86. The van der Waals surface area contributed by atoms with Gasteiger partial charge in [0.2, 0.25) is 5.88 Å². The standard InChI is InChI=1S/C20H21ClN2O/c1-20(2,3)15-6-4-14(5-7-15)10-11-24-19-17-12-16(21)8-9-18(17)22-13-23-19/h4-9,12-13H,10-11H2,1-3H3. The fraction of sp³-hybridized carbons (Fsp3) is 0.300. The Morgan fingerprint density at radius 1 is 1.00 bits per heavy atom. The van der Waals surface area contributed by atoms with Crippen LogP contribution in [-0.4, -0.2) is 16.6 Å². The predicted octanol–water partition coefficient (Wildman–Crippen LogP) is 5.20. The zero-order chi connectivity index (χ0) is 17.2. The third kappa shape index (κ3) is 3.85. The molecule has 3 aromatic rings. The number of rotatable bonds is 4. The number of halogens is 1. The number of aromatic nitrogens is 2. The summed E-state index contributed by atoms with van der Waals surface area (Å²) in [4.78, 5) is 8.47. The highest BCUT2D eigenvalue weighted by Crippen LogP contribution is 2.25. The predicted molar refractivity (Wildman–Crippen MR) is 98.9 cm³/mol. The molecule has 0 fully saturated rings. The fourth-order valence-corrected chi connectivity index (χ4v) is 2.73. The van der Waals surface area contributed by atoms with E-state index < -0.39 is 0 Å². The van der Waals surface area contributed by atoms with Gasteiger partial charge in [0.05, 0.1) is 17.5 Å². The Balaban J connectivity index is 1.68. The van der Waals surface area contributed by atoms with E-state index in [2.05, 4.69) is 55.0 Å². The molecule has 0 amide bonds. The molecule has 0 aliphatic rings. The molecule has 124 valence electrons. The Morgan fingerprint density at radius 3 is 2.46 bits per heavy atom. The van der Waals surface area contributed by atoms with Crippen molar-refractivity contribution in [2.45, 2.75) is 32.6 Å². The van der Waals surface area contributed by atoms with Crippen LogP contribution in [0.1, 0.15) is 31.9 Å². The van der Waals surface area contributed by atoms with E-state index in [1.54, 1.807) is 0 Å². The van der Waals surface area contributed by atoms with Gasteiger partial charge in [-0.05, 0) is 34.7 Å². The first-order valence-electron chi connectivity index (χ1n) is 8.06. The maximum Gasteiger partial charge on any atom is 0.224 e. The molecule has 0 aliphatic heterocycles. The summed E-state index contributed by atoms with van der Waals surface area (Å²) in [5, 5.41) is 1.49. The maximum atomic E-state index is 6.06. The number of hydrogen-bond donors (Lipinski definition) is 0. The van der Waals surface area contributed by atoms with Crippen LogP contribution in [0.4, 0.5) is 0 Å². The smallest absolute Gasteiger partial charge is 0.224 e. The Hall–Kier alpha value is -2.13. The van der Waals surface area contributed by atoms with Crippen molar-refractivity contribution in [1.82, 2.24) is 9.97 Å². The van der Waals surface area contributed by atoms with Gasteiger partial charge in [-0.2, -0.15) is 0 Å². The van der Waals surface area contributed by atoms with Crippen LogP contribution in [0.5, 0.6) is 5.88 Å². The van der Waals surface area contributed by atoms with Crippen molar-refractivity contribution >= 4 is 22.5 Å². The van der Waals surface area contributed by atoms with E-state index in [0.29, 0.717) is 17.5 Å². The first-order chi connectivity index (χ1) is 11.4. The van der Waals surface area contributed by atoms with Crippen molar-refractivity contribution in [1.29, 1.82) is 0 Å². The molecule has 0 atom stereocenters. The van der Waals surface area contributed by atoms with Gasteiger partial charge in [-0.3, -0.25) is 0 Å². The van der Waals surface area contributed by atoms with E-state index in [1.165, 1.54) is 17.5 Å². The van der Waals surface area contributed by atoms with Crippen molar-refractivity contribution in [3.8, 4) is 5.88 Å². The fourth-order valence-electron chi connectivity index (χ4n) is 2.56. The van der Waals surface area contributed by atoms with Crippen molar-refractivity contribution in [2.75, 3.05) is 6.61 Å². The van der Waals surface area contributed by atoms with E-state index in [0.717, 1.165) is 17.3 Å². The molecule has 24 heavy (non-hydrogen) atoms. The summed E-state index contributed by atoms with van der Waals surface area (Å²) in [6, 6.07) is 14.2. The highest BCUT2D eigenvalue weighted by molar-refractivity contribution is 6.31. The maximum absolute atomic E-state index is 6.06. The number of benzene rings is 2. The van der Waals surface area contributed by atoms with E-state index in [-0.39, 0.29) is 5.41 Å². The van der Waals surface area contributed by atoms with Crippen LogP contribution < -0.4 is 4.74 Å². The molecule has 0 radical (unpaired) electrons. The molecule has 3 rings (SSSR count). The van der Waals surface area contributed by atoms with Crippen LogP contribution in [0, 0.1) is 0 Å². The minimum atomic E-state index is 0.175. The van der Waals surface area contributed by atoms with Gasteiger partial charge in [-0.1, -0.05) is 56.6 Å². The topological polar surface area (TPSA) is 35.0 Å². The SMILES string of the molecule is CC(C)(C)c1ccc(CCOc2ncnc3ccc(Cl)cc23)cc1. The number of nitrogens with zero attached hydrogens (tertiary/aromatic N) is 2. The van der Waals surface area contributed by atoms with Crippen molar-refractivity contribution in [3.05, 3.63) is 64.9 Å². The molecule has 0 aliphatic carbocycles. The largest absolute Gasteiger partial charge is 0.477 e. The molecule has 2 aromatic carbocycles. The molecular weight excluding hydrogens is 320 g/mol. The van der Waals surface area contributed by atoms with E-state index in [9.17, 15) is 0 Å². The molecule has 1 heterocycles. The molecule has 0 saturated heterocycles. The average Bonchev–Trinajstić information content (AvgIpc) is 2.55. The van der Waals surface area contributed by atoms with Gasteiger partial charge in [-0.15, -0.1) is 0 Å². The van der Waals surface area contributed by atoms with Crippen molar-refractivity contribution in [2.24, 2.45) is 0 Å². The summed E-state index contributed by atoms with van der Waals surface area (Å²) in [6.45, 7) is 7.22. The summed E-state index contributed by atoms with van der Waals surface area (Å²) in [5.74, 6) is 0.578. The highest BCUT2D eigenvalue weighted by atomic mass is 35.5. The summed E-state index contributed by atoms with van der Waals surface area (Å²) >= 11 is 6.06. The molecule has 0 bridgehead atoms. The molecule has 1 aromatic heterocycles. The molecule has 0 unspecified atom stereocenters. The van der Waals surface area contributed by atoms with Gasteiger partial charge in [0.25, 0.3) is 0 Å². The Kier molecular flexibility index (Phi) is 4.72. The third-order valence-electron chi connectivity index (χ3n) is 4.01. The minimum Gasteiger partial charge on any atom is -0.477 e. The van der Waals surface area contributed by atoms with E-state index in [1.807, 2.05) is 18.2 Å². The number of ether oxygens (including phenoxy) is 1. The van der Waals surface area contributed by atoms with Gasteiger partial charge in [0.15, 0.2) is 0 Å². The lowest BCUT2D eigenvalue weighted by molar-refractivity contribution is 0.313. The van der Waals surface area contributed by atoms with Gasteiger partial charge in [0, 0.05) is 11.4 Å². The van der Waals surface area contributed by atoms with Gasteiger partial charge >= 0.3 is 0 Å². The molecule has 4 heteroatoms. The molecule has 0 N–H and O–H groups in total. The third-order valence-corrected chi connectivity index (χ3v) is 4.25. The first-order valence-corrected chi connectivity index (χ1v) is 8.44. The summed E-state index contributed by atoms with van der Waals surface area (Å²) in [6.07, 6.45) is 2.35. The quantitative estimate of drug-likeness (QED) is 0.654. The van der Waals surface area contributed by atoms with E-state index >= 15 is 0 Å². The van der Waals surface area contributed by atoms with Gasteiger partial charge < -0.3 is 4.74 Å². The second-order valence-corrected chi connectivity index (χ2v) is 7.32. The number of hydrogen-bond acceptors (Lipinski definition) is 3. The second-order valence-electron chi connectivity index (χ2n) is 6.89. The Labute approximate surface area is 147 Å². The molecular formula is C20H21ClN2O. The van der Waals surface area contributed by atoms with Crippen LogP contribution in [0.2, 0.25) is 5.02 Å². The first kappa shape index (κ1) is 16.7. The zero-order valence-electron chi connectivity index (χ0n) is 14.2. The second kappa shape index (κ2) is 6.78. The number of fused-ring (bicyclic) bond motifs is 1. The summed E-state index contributed by atoms with van der Waals surface area (Å²) in [7, 11) is 0. The molecule has 0 spiro atoms. The van der Waals surface area contributed by atoms with Gasteiger partial charge in [-0.25, -0.2) is 9.97 Å². The Bertz CT molecular complexity index is 838. The van der Waals surface area contributed by atoms with Crippen LogP contribution in [0.25, 0.3) is 10.9 Å². The van der Waals surface area contributed by atoms with Crippen LogP contribution in [-0.2, 0) is 11.8 Å². The monoisotopic (exact) mass is 340 g/mol.